The molecule has 0 aromatic carbocycles. The number of likely N-dealkylation sites (tertiary alicyclic amines) is 1. The third-order valence-electron chi connectivity index (χ3n) is 4.29. The van der Waals surface area contributed by atoms with Crippen LogP contribution in [0.5, 0.6) is 0 Å². The molecule has 19 heavy (non-hydrogen) atoms. The molecule has 5 heteroatoms. The van der Waals surface area contributed by atoms with Gasteiger partial charge in [-0.15, -0.1) is 23.7 Å². The fraction of sp³-hybridized carbons (Fsp3) is 0.786. The van der Waals surface area contributed by atoms with Crippen molar-refractivity contribution in [3.8, 4) is 0 Å². The fourth-order valence-electron chi connectivity index (χ4n) is 3.19. The summed E-state index contributed by atoms with van der Waals surface area (Å²) in [7, 11) is 0. The van der Waals surface area contributed by atoms with Crippen molar-refractivity contribution in [2.75, 3.05) is 26.2 Å². The number of hydrogen-bond acceptors (Lipinski definition) is 4. The van der Waals surface area contributed by atoms with E-state index in [4.69, 9.17) is 0 Å². The molecule has 0 bridgehead atoms. The van der Waals surface area contributed by atoms with Crippen LogP contribution in [0.4, 0.5) is 0 Å². The van der Waals surface area contributed by atoms with E-state index < -0.39 is 0 Å². The van der Waals surface area contributed by atoms with Gasteiger partial charge in [0.1, 0.15) is 0 Å². The fourth-order valence-corrected chi connectivity index (χ4v) is 4.15. The maximum atomic E-state index is 4.53. The molecule has 2 saturated heterocycles. The van der Waals surface area contributed by atoms with Gasteiger partial charge in [-0.2, -0.15) is 0 Å². The van der Waals surface area contributed by atoms with Crippen LogP contribution in [0.1, 0.15) is 42.5 Å². The number of halogens is 1. The second kappa shape index (κ2) is 6.08. The largest absolute Gasteiger partial charge is 0.316 e. The van der Waals surface area contributed by atoms with E-state index >= 15 is 0 Å². The molecule has 0 saturated carbocycles. The zero-order chi connectivity index (χ0) is 12.6. The van der Waals surface area contributed by atoms with Gasteiger partial charge in [-0.25, -0.2) is 4.98 Å². The van der Waals surface area contributed by atoms with Crippen LogP contribution in [-0.4, -0.2) is 36.1 Å². The lowest BCUT2D eigenvalue weighted by molar-refractivity contribution is 0.270. The molecule has 1 spiro atoms. The van der Waals surface area contributed by atoms with Gasteiger partial charge in [0.05, 0.1) is 5.01 Å². The van der Waals surface area contributed by atoms with Crippen LogP contribution >= 0.6 is 23.7 Å². The predicted octanol–water partition coefficient (Wildman–Crippen LogP) is 2.87. The molecule has 3 nitrogen and oxygen atoms in total. The van der Waals surface area contributed by atoms with Crippen molar-refractivity contribution in [1.29, 1.82) is 0 Å². The molecule has 1 atom stereocenters. The van der Waals surface area contributed by atoms with Crippen LogP contribution < -0.4 is 5.32 Å². The molecule has 1 aromatic rings. The van der Waals surface area contributed by atoms with E-state index in [1.807, 2.05) is 11.3 Å². The Kier molecular flexibility index (Phi) is 4.88. The van der Waals surface area contributed by atoms with Gasteiger partial charge in [0, 0.05) is 36.6 Å². The molecule has 1 unspecified atom stereocenters. The lowest BCUT2D eigenvalue weighted by Gasteiger charge is -2.22. The van der Waals surface area contributed by atoms with Crippen molar-refractivity contribution in [3.05, 3.63) is 16.1 Å². The van der Waals surface area contributed by atoms with Gasteiger partial charge in [0.2, 0.25) is 0 Å². The van der Waals surface area contributed by atoms with Crippen LogP contribution in [0.3, 0.4) is 0 Å². The average molecular weight is 302 g/mol. The van der Waals surface area contributed by atoms with Crippen molar-refractivity contribution >= 4 is 23.7 Å². The van der Waals surface area contributed by atoms with Crippen molar-refractivity contribution in [1.82, 2.24) is 15.2 Å². The summed E-state index contributed by atoms with van der Waals surface area (Å²) in [6, 6.07) is 0. The van der Waals surface area contributed by atoms with Gasteiger partial charge < -0.3 is 5.32 Å². The number of hydrogen-bond donors (Lipinski definition) is 1. The molecular weight excluding hydrogens is 278 g/mol. The Morgan fingerprint density at radius 1 is 1.47 bits per heavy atom. The van der Waals surface area contributed by atoms with Crippen LogP contribution in [0.25, 0.3) is 0 Å². The second-order valence-corrected chi connectivity index (χ2v) is 7.35. The Balaban J connectivity index is 0.00000133. The molecule has 3 rings (SSSR count). The number of rotatable bonds is 3. The first kappa shape index (κ1) is 15.2. The van der Waals surface area contributed by atoms with Crippen molar-refractivity contribution in [2.24, 2.45) is 5.41 Å². The summed E-state index contributed by atoms with van der Waals surface area (Å²) in [5.41, 5.74) is 0.589. The first-order chi connectivity index (χ1) is 8.67. The molecule has 108 valence electrons. The minimum Gasteiger partial charge on any atom is -0.316 e. The number of aromatic nitrogens is 1. The maximum Gasteiger partial charge on any atom is 0.0953 e. The SMILES string of the molecule is CC(C)c1ncc(CN2CCC3(CCNC3)C2)s1.Cl. The van der Waals surface area contributed by atoms with Crippen molar-refractivity contribution in [2.45, 2.75) is 39.2 Å². The number of nitrogens with zero attached hydrogens (tertiary/aromatic N) is 2. The minimum absolute atomic E-state index is 0. The molecule has 1 aromatic heterocycles. The Labute approximate surface area is 126 Å². The topological polar surface area (TPSA) is 28.2 Å². The van der Waals surface area contributed by atoms with Crippen LogP contribution in [0.2, 0.25) is 0 Å². The monoisotopic (exact) mass is 301 g/mol. The lowest BCUT2D eigenvalue weighted by Crippen LogP contribution is -2.28. The van der Waals surface area contributed by atoms with Crippen LogP contribution in [-0.2, 0) is 6.54 Å². The Bertz CT molecular complexity index is 413. The van der Waals surface area contributed by atoms with Gasteiger partial charge in [-0.1, -0.05) is 13.8 Å². The summed E-state index contributed by atoms with van der Waals surface area (Å²) in [5, 5.41) is 4.80. The summed E-state index contributed by atoms with van der Waals surface area (Å²) in [6.45, 7) is 10.5. The molecule has 0 amide bonds. The van der Waals surface area contributed by atoms with Gasteiger partial charge >= 0.3 is 0 Å². The molecule has 3 heterocycles. The molecular formula is C14H24ClN3S. The highest BCUT2D eigenvalue weighted by Crippen LogP contribution is 2.37. The normalized spacial score (nSPS) is 27.3. The minimum atomic E-state index is 0. The van der Waals surface area contributed by atoms with E-state index in [-0.39, 0.29) is 12.4 Å². The summed E-state index contributed by atoms with van der Waals surface area (Å²) >= 11 is 1.89. The highest BCUT2D eigenvalue weighted by Gasteiger charge is 2.40. The Morgan fingerprint density at radius 2 is 2.32 bits per heavy atom. The average Bonchev–Trinajstić information content (AvgIpc) is 3.03. The third-order valence-corrected chi connectivity index (χ3v) is 5.58. The Morgan fingerprint density at radius 3 is 2.95 bits per heavy atom. The lowest BCUT2D eigenvalue weighted by atomic mass is 9.87. The van der Waals surface area contributed by atoms with E-state index in [0.29, 0.717) is 11.3 Å². The second-order valence-electron chi connectivity index (χ2n) is 6.21. The summed E-state index contributed by atoms with van der Waals surface area (Å²) in [5.74, 6) is 0.563. The van der Waals surface area contributed by atoms with E-state index in [2.05, 4.69) is 35.2 Å². The van der Waals surface area contributed by atoms with Gasteiger partial charge in [-0.3, -0.25) is 4.90 Å². The summed E-state index contributed by atoms with van der Waals surface area (Å²) in [4.78, 5) is 8.57. The zero-order valence-electron chi connectivity index (χ0n) is 11.8. The number of thiazole rings is 1. The quantitative estimate of drug-likeness (QED) is 0.930. The van der Waals surface area contributed by atoms with Crippen LogP contribution in [0, 0.1) is 5.41 Å². The first-order valence-electron chi connectivity index (χ1n) is 7.05. The van der Waals surface area contributed by atoms with Crippen molar-refractivity contribution < 1.29 is 0 Å². The van der Waals surface area contributed by atoms with E-state index in [1.165, 1.54) is 48.9 Å². The van der Waals surface area contributed by atoms with E-state index in [1.54, 1.807) is 0 Å². The van der Waals surface area contributed by atoms with Crippen molar-refractivity contribution in [3.63, 3.8) is 0 Å². The standard InChI is InChI=1S/C14H23N3S.ClH/c1-11(2)13-16-7-12(18-13)8-17-6-4-14(10-17)3-5-15-9-14;/h7,11,15H,3-6,8-10H2,1-2H3;1H. The highest BCUT2D eigenvalue weighted by molar-refractivity contribution is 7.11. The number of nitrogens with one attached hydrogen (secondary N) is 1. The first-order valence-corrected chi connectivity index (χ1v) is 7.86. The highest BCUT2D eigenvalue weighted by atomic mass is 35.5. The Hall–Kier alpha value is -0.160. The smallest absolute Gasteiger partial charge is 0.0953 e. The van der Waals surface area contributed by atoms with E-state index in [9.17, 15) is 0 Å². The molecule has 2 aliphatic heterocycles. The molecule has 0 aliphatic carbocycles. The molecule has 1 N–H and O–H groups in total. The van der Waals surface area contributed by atoms with E-state index in [0.717, 1.165) is 6.54 Å². The van der Waals surface area contributed by atoms with Gasteiger partial charge in [0.15, 0.2) is 0 Å². The predicted molar refractivity (Wildman–Crippen MR) is 83.3 cm³/mol. The van der Waals surface area contributed by atoms with Crippen LogP contribution in [0.15, 0.2) is 6.20 Å². The maximum absolute atomic E-state index is 4.53. The summed E-state index contributed by atoms with van der Waals surface area (Å²) < 4.78 is 0. The molecule has 0 radical (unpaired) electrons. The molecule has 2 aliphatic rings. The van der Waals surface area contributed by atoms with Gasteiger partial charge in [0.25, 0.3) is 0 Å². The third kappa shape index (κ3) is 3.30. The van der Waals surface area contributed by atoms with Gasteiger partial charge in [-0.05, 0) is 31.3 Å². The zero-order valence-corrected chi connectivity index (χ0v) is 13.4. The summed E-state index contributed by atoms with van der Waals surface area (Å²) in [6.07, 6.45) is 4.82. The molecule has 2 fully saturated rings.